The zero-order chi connectivity index (χ0) is 11.5. The number of hydrogen-bond acceptors (Lipinski definition) is 2. The summed E-state index contributed by atoms with van der Waals surface area (Å²) in [5, 5.41) is 2.89. The molecule has 4 heteroatoms. The molecule has 1 aromatic carbocycles. The Labute approximate surface area is 103 Å². The molecule has 1 amide bonds. The van der Waals surface area contributed by atoms with E-state index in [4.69, 9.17) is 4.74 Å². The van der Waals surface area contributed by atoms with Gasteiger partial charge in [0.1, 0.15) is 0 Å². The first-order valence-electron chi connectivity index (χ1n) is 5.33. The number of carbonyl (C=O) groups excluding carboxylic acids is 1. The number of nitrogens with one attached hydrogen (secondary N) is 1. The van der Waals surface area contributed by atoms with Gasteiger partial charge < -0.3 is 10.1 Å². The quantitative estimate of drug-likeness (QED) is 0.907. The van der Waals surface area contributed by atoms with Crippen LogP contribution >= 0.6 is 15.9 Å². The molecule has 1 aliphatic rings. The minimum atomic E-state index is -0.0151. The van der Waals surface area contributed by atoms with Crippen LogP contribution in [0.5, 0.6) is 0 Å². The lowest BCUT2D eigenvalue weighted by molar-refractivity contribution is -0.119. The summed E-state index contributed by atoms with van der Waals surface area (Å²) in [4.78, 5) is 11.8. The lowest BCUT2D eigenvalue weighted by atomic mass is 10.1. The van der Waals surface area contributed by atoms with Crippen LogP contribution in [0.2, 0.25) is 0 Å². The third-order valence-electron chi connectivity index (χ3n) is 2.68. The van der Waals surface area contributed by atoms with Crippen molar-refractivity contribution in [3.63, 3.8) is 0 Å². The zero-order valence-corrected chi connectivity index (χ0v) is 10.7. The Kier molecular flexibility index (Phi) is 3.61. The fourth-order valence-corrected chi connectivity index (χ4v) is 2.04. The molecular weight excluding hydrogens is 270 g/mol. The molecule has 1 aliphatic heterocycles. The number of benzene rings is 1. The van der Waals surface area contributed by atoms with Crippen molar-refractivity contribution in [2.24, 2.45) is 5.92 Å². The summed E-state index contributed by atoms with van der Waals surface area (Å²) in [7, 11) is 0. The Morgan fingerprint density at radius 1 is 1.44 bits per heavy atom. The highest BCUT2D eigenvalue weighted by Gasteiger charge is 2.28. The van der Waals surface area contributed by atoms with Crippen molar-refractivity contribution in [2.75, 3.05) is 11.9 Å². The summed E-state index contributed by atoms with van der Waals surface area (Å²) >= 11 is 3.35. The van der Waals surface area contributed by atoms with Gasteiger partial charge in [0, 0.05) is 10.2 Å². The van der Waals surface area contributed by atoms with E-state index in [0.29, 0.717) is 6.61 Å². The van der Waals surface area contributed by atoms with E-state index >= 15 is 0 Å². The highest BCUT2D eigenvalue weighted by atomic mass is 79.9. The van der Waals surface area contributed by atoms with Gasteiger partial charge in [-0.25, -0.2) is 0 Å². The van der Waals surface area contributed by atoms with Crippen LogP contribution in [-0.4, -0.2) is 18.6 Å². The van der Waals surface area contributed by atoms with E-state index in [0.717, 1.165) is 16.6 Å². The second-order valence-corrected chi connectivity index (χ2v) is 4.99. The van der Waals surface area contributed by atoms with E-state index in [1.54, 1.807) is 0 Å². The topological polar surface area (TPSA) is 38.3 Å². The molecule has 1 N–H and O–H groups in total. The van der Waals surface area contributed by atoms with Crippen LogP contribution in [-0.2, 0) is 9.53 Å². The molecule has 2 rings (SSSR count). The van der Waals surface area contributed by atoms with Crippen molar-refractivity contribution in [3.05, 3.63) is 28.7 Å². The Morgan fingerprint density at radius 3 is 2.69 bits per heavy atom. The number of ether oxygens (including phenoxy) is 1. The Bertz CT molecular complexity index is 377. The zero-order valence-electron chi connectivity index (χ0n) is 9.07. The summed E-state index contributed by atoms with van der Waals surface area (Å²) in [6.07, 6.45) is 1.00. The molecule has 3 nitrogen and oxygen atoms in total. The highest BCUT2D eigenvalue weighted by molar-refractivity contribution is 9.10. The number of rotatable bonds is 2. The standard InChI is InChI=1S/C12H14BrNO2/c1-8-6-9(7-16-8)12(15)14-11-4-2-10(13)3-5-11/h2-5,8-9H,6-7H2,1H3,(H,14,15). The Balaban J connectivity index is 1.94. The molecule has 1 saturated heterocycles. The summed E-state index contributed by atoms with van der Waals surface area (Å²) in [6, 6.07) is 7.56. The maximum Gasteiger partial charge on any atom is 0.229 e. The molecule has 0 saturated carbocycles. The Hall–Kier alpha value is -0.870. The average Bonchev–Trinajstić information content (AvgIpc) is 2.68. The molecule has 0 spiro atoms. The van der Waals surface area contributed by atoms with Gasteiger partial charge in [0.05, 0.1) is 18.6 Å². The van der Waals surface area contributed by atoms with Crippen LogP contribution in [0.3, 0.4) is 0 Å². The monoisotopic (exact) mass is 283 g/mol. The van der Waals surface area contributed by atoms with Gasteiger partial charge in [-0.1, -0.05) is 15.9 Å². The van der Waals surface area contributed by atoms with Gasteiger partial charge in [-0.15, -0.1) is 0 Å². The van der Waals surface area contributed by atoms with Gasteiger partial charge in [0.25, 0.3) is 0 Å². The first-order valence-corrected chi connectivity index (χ1v) is 6.12. The minimum Gasteiger partial charge on any atom is -0.378 e. The second-order valence-electron chi connectivity index (χ2n) is 4.07. The fraction of sp³-hybridized carbons (Fsp3) is 0.417. The van der Waals surface area contributed by atoms with Crippen LogP contribution in [0.1, 0.15) is 13.3 Å². The number of amides is 1. The number of halogens is 1. The SMILES string of the molecule is CC1CC(C(=O)Nc2ccc(Br)cc2)CO1. The fourth-order valence-electron chi connectivity index (χ4n) is 1.78. The molecule has 86 valence electrons. The van der Waals surface area contributed by atoms with Crippen molar-refractivity contribution in [1.82, 2.24) is 0 Å². The van der Waals surface area contributed by atoms with Crippen molar-refractivity contribution in [3.8, 4) is 0 Å². The van der Waals surface area contributed by atoms with Crippen molar-refractivity contribution in [1.29, 1.82) is 0 Å². The van der Waals surface area contributed by atoms with E-state index in [1.165, 1.54) is 0 Å². The molecule has 0 bridgehead atoms. The largest absolute Gasteiger partial charge is 0.378 e. The summed E-state index contributed by atoms with van der Waals surface area (Å²) in [5.41, 5.74) is 0.827. The summed E-state index contributed by atoms with van der Waals surface area (Å²) in [5.74, 6) is 0.0327. The van der Waals surface area contributed by atoms with Crippen LogP contribution in [0, 0.1) is 5.92 Å². The maximum absolute atomic E-state index is 11.8. The van der Waals surface area contributed by atoms with Crippen molar-refractivity contribution >= 4 is 27.5 Å². The average molecular weight is 284 g/mol. The van der Waals surface area contributed by atoms with E-state index < -0.39 is 0 Å². The van der Waals surface area contributed by atoms with E-state index in [9.17, 15) is 4.79 Å². The highest BCUT2D eigenvalue weighted by Crippen LogP contribution is 2.21. The minimum absolute atomic E-state index is 0.0151. The van der Waals surface area contributed by atoms with E-state index in [2.05, 4.69) is 21.2 Å². The summed E-state index contributed by atoms with van der Waals surface area (Å²) < 4.78 is 6.38. The van der Waals surface area contributed by atoms with Crippen molar-refractivity contribution in [2.45, 2.75) is 19.4 Å². The number of carbonyl (C=O) groups is 1. The molecular formula is C12H14BrNO2. The van der Waals surface area contributed by atoms with Crippen LogP contribution in [0.25, 0.3) is 0 Å². The Morgan fingerprint density at radius 2 is 2.12 bits per heavy atom. The molecule has 1 aromatic rings. The van der Waals surface area contributed by atoms with Crippen LogP contribution < -0.4 is 5.32 Å². The van der Waals surface area contributed by atoms with Gasteiger partial charge in [0.2, 0.25) is 5.91 Å². The van der Waals surface area contributed by atoms with Gasteiger partial charge in [-0.3, -0.25) is 4.79 Å². The number of hydrogen-bond donors (Lipinski definition) is 1. The molecule has 2 unspecified atom stereocenters. The lowest BCUT2D eigenvalue weighted by Gasteiger charge is -2.09. The van der Waals surface area contributed by atoms with Gasteiger partial charge in [-0.05, 0) is 37.6 Å². The molecule has 0 radical (unpaired) electrons. The summed E-state index contributed by atoms with van der Waals surface area (Å²) in [6.45, 7) is 2.52. The van der Waals surface area contributed by atoms with E-state index in [1.807, 2.05) is 31.2 Å². The molecule has 0 aromatic heterocycles. The third kappa shape index (κ3) is 2.83. The molecule has 2 atom stereocenters. The van der Waals surface area contributed by atoms with Gasteiger partial charge >= 0.3 is 0 Å². The first kappa shape index (κ1) is 11.6. The normalized spacial score (nSPS) is 24.4. The van der Waals surface area contributed by atoms with Gasteiger partial charge in [-0.2, -0.15) is 0 Å². The van der Waals surface area contributed by atoms with Gasteiger partial charge in [0.15, 0.2) is 0 Å². The smallest absolute Gasteiger partial charge is 0.229 e. The van der Waals surface area contributed by atoms with Crippen molar-refractivity contribution < 1.29 is 9.53 Å². The second kappa shape index (κ2) is 4.97. The molecule has 1 fully saturated rings. The molecule has 16 heavy (non-hydrogen) atoms. The predicted octanol–water partition coefficient (Wildman–Crippen LogP) is 2.81. The maximum atomic E-state index is 11.8. The molecule has 0 aliphatic carbocycles. The van der Waals surface area contributed by atoms with E-state index in [-0.39, 0.29) is 17.9 Å². The third-order valence-corrected chi connectivity index (χ3v) is 3.21. The van der Waals surface area contributed by atoms with Crippen LogP contribution in [0.4, 0.5) is 5.69 Å². The lowest BCUT2D eigenvalue weighted by Crippen LogP contribution is -2.22. The predicted molar refractivity (Wildman–Crippen MR) is 66.3 cm³/mol. The van der Waals surface area contributed by atoms with Crippen LogP contribution in [0.15, 0.2) is 28.7 Å². The first-order chi connectivity index (χ1) is 7.65. The number of anilines is 1. The molecule has 1 heterocycles.